The second-order valence-electron chi connectivity index (χ2n) is 4.83. The fourth-order valence-corrected chi connectivity index (χ4v) is 2.64. The van der Waals surface area contributed by atoms with Crippen molar-refractivity contribution in [3.63, 3.8) is 0 Å². The van der Waals surface area contributed by atoms with Gasteiger partial charge in [-0.05, 0) is 36.2 Å². The summed E-state index contributed by atoms with van der Waals surface area (Å²) in [5, 5.41) is 14.7. The molecular weight excluding hydrogens is 318 g/mol. The Kier molecular flexibility index (Phi) is 5.27. The van der Waals surface area contributed by atoms with E-state index in [9.17, 15) is 18.3 Å². The molecule has 0 heterocycles. The lowest BCUT2D eigenvalue weighted by molar-refractivity contribution is -0.0674. The van der Waals surface area contributed by atoms with Gasteiger partial charge in [-0.25, -0.2) is 13.6 Å². The lowest BCUT2D eigenvalue weighted by Crippen LogP contribution is -2.23. The van der Waals surface area contributed by atoms with Gasteiger partial charge in [0.25, 0.3) is 0 Å². The molecule has 0 aliphatic carbocycles. The van der Waals surface area contributed by atoms with Crippen LogP contribution >= 0.6 is 0 Å². The van der Waals surface area contributed by atoms with Crippen LogP contribution in [-0.2, 0) is 14.8 Å². The highest BCUT2D eigenvalue weighted by Crippen LogP contribution is 2.23. The van der Waals surface area contributed by atoms with E-state index < -0.39 is 22.1 Å². The maximum absolute atomic E-state index is 12.1. The van der Waals surface area contributed by atoms with Crippen molar-refractivity contribution in [1.29, 1.82) is 0 Å². The van der Waals surface area contributed by atoms with Crippen molar-refractivity contribution in [3.05, 3.63) is 54.1 Å². The van der Waals surface area contributed by atoms with Gasteiger partial charge in [0.2, 0.25) is 22.1 Å². The minimum atomic E-state index is -3.81. The fraction of sp³-hybridized carbons (Fsp3) is 0.188. The van der Waals surface area contributed by atoms with Gasteiger partial charge in [-0.15, -0.1) is 0 Å². The topological polar surface area (TPSA) is 107 Å². The summed E-state index contributed by atoms with van der Waals surface area (Å²) >= 11 is 0. The summed E-state index contributed by atoms with van der Waals surface area (Å²) in [5.41, 5.74) is 1.49. The van der Waals surface area contributed by atoms with Crippen molar-refractivity contribution in [2.24, 2.45) is 5.14 Å². The van der Waals surface area contributed by atoms with Gasteiger partial charge in [0.05, 0.1) is 4.90 Å². The molecule has 0 aliphatic rings. The first kappa shape index (κ1) is 17.3. The molecule has 0 spiro atoms. The minimum Gasteiger partial charge on any atom is -0.362 e. The molecule has 23 heavy (non-hydrogen) atoms. The number of hydrogen-bond acceptors (Lipinski definition) is 5. The van der Waals surface area contributed by atoms with E-state index in [2.05, 4.69) is 0 Å². The number of ketones is 1. The summed E-state index contributed by atoms with van der Waals surface area (Å²) in [6.07, 6.45) is -1.52. The third kappa shape index (κ3) is 4.23. The first-order valence-corrected chi connectivity index (χ1v) is 8.44. The molecule has 0 saturated heterocycles. The Morgan fingerprint density at radius 1 is 1.17 bits per heavy atom. The molecule has 7 heteroatoms. The van der Waals surface area contributed by atoms with Crippen molar-refractivity contribution in [1.82, 2.24) is 0 Å². The Hall–Kier alpha value is -2.06. The monoisotopic (exact) mass is 335 g/mol. The molecule has 1 atom stereocenters. The lowest BCUT2D eigenvalue weighted by atomic mass is 10.0. The number of carbonyl (C=O) groups is 1. The number of benzene rings is 2. The maximum Gasteiger partial charge on any atom is 0.238 e. The summed E-state index contributed by atoms with van der Waals surface area (Å²) in [6, 6.07) is 12.6. The summed E-state index contributed by atoms with van der Waals surface area (Å²) in [4.78, 5) is 12.0. The molecule has 0 amide bonds. The van der Waals surface area contributed by atoms with E-state index >= 15 is 0 Å². The Morgan fingerprint density at radius 3 is 2.39 bits per heavy atom. The Bertz CT molecular complexity index is 817. The number of aliphatic hydroxyl groups is 1. The van der Waals surface area contributed by atoms with Crippen molar-refractivity contribution < 1.29 is 23.1 Å². The number of carbonyl (C=O) groups excluding carboxylic acids is 1. The van der Waals surface area contributed by atoms with Gasteiger partial charge in [-0.2, -0.15) is 0 Å². The number of aliphatic hydroxyl groups excluding tert-OH is 1. The van der Waals surface area contributed by atoms with E-state index in [0.717, 1.165) is 0 Å². The van der Waals surface area contributed by atoms with Crippen LogP contribution < -0.4 is 5.14 Å². The highest BCUT2D eigenvalue weighted by atomic mass is 32.2. The maximum atomic E-state index is 12.1. The molecule has 1 unspecified atom stereocenters. The molecule has 0 saturated carbocycles. The van der Waals surface area contributed by atoms with Crippen molar-refractivity contribution >= 4 is 15.8 Å². The molecule has 0 bridgehead atoms. The SMILES string of the molecule is CCOC(O)C(=O)c1cccc(-c2cccc(S(N)(=O)=O)c2)c1. The van der Waals surface area contributed by atoms with Gasteiger partial charge < -0.3 is 9.84 Å². The van der Waals surface area contributed by atoms with Gasteiger partial charge in [-0.3, -0.25) is 4.79 Å². The first-order valence-electron chi connectivity index (χ1n) is 6.90. The van der Waals surface area contributed by atoms with Crippen LogP contribution in [0.1, 0.15) is 17.3 Å². The number of rotatable bonds is 6. The fourth-order valence-electron chi connectivity index (χ4n) is 2.08. The zero-order valence-corrected chi connectivity index (χ0v) is 13.3. The number of ether oxygens (including phenoxy) is 1. The summed E-state index contributed by atoms with van der Waals surface area (Å²) in [7, 11) is -3.81. The van der Waals surface area contributed by atoms with Gasteiger partial charge in [0.15, 0.2) is 0 Å². The molecule has 3 N–H and O–H groups in total. The molecule has 0 fully saturated rings. The molecule has 0 aliphatic heterocycles. The van der Waals surface area contributed by atoms with Gasteiger partial charge in [0.1, 0.15) is 0 Å². The predicted octanol–water partition coefficient (Wildman–Crippen LogP) is 1.54. The molecule has 2 rings (SSSR count). The third-order valence-electron chi connectivity index (χ3n) is 3.19. The van der Waals surface area contributed by atoms with E-state index in [1.54, 1.807) is 43.3 Å². The lowest BCUT2D eigenvalue weighted by Gasteiger charge is -2.10. The van der Waals surface area contributed by atoms with E-state index in [0.29, 0.717) is 11.1 Å². The number of hydrogen-bond donors (Lipinski definition) is 2. The molecule has 2 aromatic carbocycles. The summed E-state index contributed by atoms with van der Waals surface area (Å²) in [5.74, 6) is -0.559. The molecule has 122 valence electrons. The standard InChI is InChI=1S/C16H17NO5S/c1-2-22-16(19)15(18)13-7-3-5-11(9-13)12-6-4-8-14(10-12)23(17,20)21/h3-10,16,19H,2H2,1H3,(H2,17,20,21). The summed E-state index contributed by atoms with van der Waals surface area (Å²) < 4.78 is 27.7. The van der Waals surface area contributed by atoms with Crippen LogP contribution in [0.5, 0.6) is 0 Å². The van der Waals surface area contributed by atoms with Crippen LogP contribution in [-0.4, -0.2) is 32.2 Å². The van der Waals surface area contributed by atoms with E-state index in [1.165, 1.54) is 12.1 Å². The van der Waals surface area contributed by atoms with Crippen molar-refractivity contribution in [2.75, 3.05) is 6.61 Å². The molecule has 6 nitrogen and oxygen atoms in total. The zero-order chi connectivity index (χ0) is 17.0. The zero-order valence-electron chi connectivity index (χ0n) is 12.5. The van der Waals surface area contributed by atoms with Gasteiger partial charge in [0, 0.05) is 12.2 Å². The number of nitrogens with two attached hydrogens (primary N) is 1. The van der Waals surface area contributed by atoms with Crippen LogP contribution in [0.2, 0.25) is 0 Å². The second kappa shape index (κ2) is 7.01. The average Bonchev–Trinajstić information content (AvgIpc) is 2.54. The molecule has 0 radical (unpaired) electrons. The predicted molar refractivity (Wildman–Crippen MR) is 85.2 cm³/mol. The normalized spacial score (nSPS) is 12.8. The van der Waals surface area contributed by atoms with Crippen LogP contribution in [0.4, 0.5) is 0 Å². The number of Topliss-reactive ketones (excluding diaryl/α,β-unsaturated/α-hetero) is 1. The number of sulfonamides is 1. The number of primary sulfonamides is 1. The van der Waals surface area contributed by atoms with Crippen LogP contribution in [0.15, 0.2) is 53.4 Å². The summed E-state index contributed by atoms with van der Waals surface area (Å²) in [6.45, 7) is 1.88. The average molecular weight is 335 g/mol. The minimum absolute atomic E-state index is 0.0129. The Balaban J connectivity index is 2.39. The van der Waals surface area contributed by atoms with E-state index in [4.69, 9.17) is 9.88 Å². The van der Waals surface area contributed by atoms with Crippen LogP contribution in [0, 0.1) is 0 Å². The van der Waals surface area contributed by atoms with Gasteiger partial charge >= 0.3 is 0 Å². The largest absolute Gasteiger partial charge is 0.362 e. The van der Waals surface area contributed by atoms with Crippen molar-refractivity contribution in [3.8, 4) is 11.1 Å². The first-order chi connectivity index (χ1) is 10.8. The van der Waals surface area contributed by atoms with E-state index in [1.807, 2.05) is 0 Å². The Labute approximate surface area is 134 Å². The van der Waals surface area contributed by atoms with Crippen molar-refractivity contribution in [2.45, 2.75) is 18.1 Å². The van der Waals surface area contributed by atoms with Gasteiger partial charge in [-0.1, -0.05) is 30.3 Å². The molecular formula is C16H17NO5S. The highest BCUT2D eigenvalue weighted by Gasteiger charge is 2.18. The Morgan fingerprint density at radius 2 is 1.78 bits per heavy atom. The second-order valence-corrected chi connectivity index (χ2v) is 6.39. The van der Waals surface area contributed by atoms with E-state index in [-0.39, 0.29) is 17.1 Å². The molecule has 0 aromatic heterocycles. The quantitative estimate of drug-likeness (QED) is 0.615. The highest BCUT2D eigenvalue weighted by molar-refractivity contribution is 7.89. The smallest absolute Gasteiger partial charge is 0.238 e. The van der Waals surface area contributed by atoms with Crippen LogP contribution in [0.3, 0.4) is 0 Å². The third-order valence-corrected chi connectivity index (χ3v) is 4.10. The van der Waals surface area contributed by atoms with Crippen LogP contribution in [0.25, 0.3) is 11.1 Å². The molecule has 2 aromatic rings.